The van der Waals surface area contributed by atoms with Crippen molar-refractivity contribution in [2.75, 3.05) is 7.11 Å². The van der Waals surface area contributed by atoms with E-state index in [1.165, 1.54) is 13.3 Å². The number of aromatic nitrogens is 1. The number of carbonyl (C=O) groups is 1. The van der Waals surface area contributed by atoms with Crippen LogP contribution in [0.2, 0.25) is 5.02 Å². The van der Waals surface area contributed by atoms with Gasteiger partial charge in [0, 0.05) is 12.4 Å². The molecule has 0 aliphatic heterocycles. The van der Waals surface area contributed by atoms with Crippen LogP contribution in [0.1, 0.15) is 10.4 Å². The van der Waals surface area contributed by atoms with Crippen LogP contribution in [0.3, 0.4) is 0 Å². The molecule has 1 aromatic rings. The molecular formula is C7H5ClNNaO3. The average molecular weight is 210 g/mol. The van der Waals surface area contributed by atoms with Gasteiger partial charge in [-0.25, -0.2) is 4.79 Å². The van der Waals surface area contributed by atoms with Crippen LogP contribution < -0.4 is 34.7 Å². The molecule has 0 amide bonds. The van der Waals surface area contributed by atoms with Crippen molar-refractivity contribution in [3.05, 3.63) is 23.0 Å². The SMILES string of the molecule is COC(=O)c1cncc([O-])c1Cl.[Na+]. The molecule has 1 aromatic heterocycles. The number of halogens is 1. The molecule has 0 bridgehead atoms. The van der Waals surface area contributed by atoms with E-state index in [0.29, 0.717) is 0 Å². The normalized spacial score (nSPS) is 8.77. The van der Waals surface area contributed by atoms with Crippen molar-refractivity contribution >= 4 is 17.6 Å². The number of ether oxygens (including phenoxy) is 1. The average Bonchev–Trinajstić information content (AvgIpc) is 2.08. The summed E-state index contributed by atoms with van der Waals surface area (Å²) in [5, 5.41) is 10.7. The van der Waals surface area contributed by atoms with Crippen LogP contribution in [-0.4, -0.2) is 18.1 Å². The van der Waals surface area contributed by atoms with Gasteiger partial charge in [0.1, 0.15) is 0 Å². The predicted molar refractivity (Wildman–Crippen MR) is 40.0 cm³/mol. The summed E-state index contributed by atoms with van der Waals surface area (Å²) in [6.07, 6.45) is 2.23. The van der Waals surface area contributed by atoms with Crippen LogP contribution >= 0.6 is 11.6 Å². The summed E-state index contributed by atoms with van der Waals surface area (Å²) in [6, 6.07) is 0. The molecule has 6 heteroatoms. The fourth-order valence-electron chi connectivity index (χ4n) is 0.678. The molecule has 0 fully saturated rings. The van der Waals surface area contributed by atoms with Gasteiger partial charge in [0.05, 0.1) is 17.7 Å². The van der Waals surface area contributed by atoms with Gasteiger partial charge in [0.2, 0.25) is 0 Å². The zero-order valence-corrected chi connectivity index (χ0v) is 9.96. The smallest absolute Gasteiger partial charge is 0.870 e. The molecule has 0 aliphatic carbocycles. The first-order chi connectivity index (χ1) is 5.66. The minimum Gasteiger partial charge on any atom is -0.870 e. The molecule has 64 valence electrons. The maximum atomic E-state index is 10.9. The van der Waals surface area contributed by atoms with E-state index >= 15 is 0 Å². The Morgan fingerprint density at radius 3 is 2.77 bits per heavy atom. The minimum atomic E-state index is -0.662. The molecule has 0 spiro atoms. The van der Waals surface area contributed by atoms with Gasteiger partial charge < -0.3 is 9.84 Å². The van der Waals surface area contributed by atoms with Crippen LogP contribution in [0.5, 0.6) is 5.75 Å². The number of nitrogens with zero attached hydrogens (tertiary/aromatic N) is 1. The molecule has 0 aliphatic rings. The number of pyridine rings is 1. The Morgan fingerprint density at radius 2 is 2.23 bits per heavy atom. The fraction of sp³-hybridized carbons (Fsp3) is 0.143. The second kappa shape index (κ2) is 5.44. The summed E-state index contributed by atoms with van der Waals surface area (Å²) in [4.78, 5) is 14.4. The third-order valence-corrected chi connectivity index (χ3v) is 1.64. The van der Waals surface area contributed by atoms with E-state index in [1.54, 1.807) is 0 Å². The minimum absolute atomic E-state index is 0. The monoisotopic (exact) mass is 209 g/mol. The van der Waals surface area contributed by atoms with Gasteiger partial charge in [-0.3, -0.25) is 4.98 Å². The summed E-state index contributed by atoms with van der Waals surface area (Å²) in [6.45, 7) is 0. The van der Waals surface area contributed by atoms with Crippen molar-refractivity contribution in [2.45, 2.75) is 0 Å². The summed E-state index contributed by atoms with van der Waals surface area (Å²) in [5.41, 5.74) is -0.00772. The Hall–Kier alpha value is -0.290. The van der Waals surface area contributed by atoms with E-state index in [2.05, 4.69) is 9.72 Å². The summed E-state index contributed by atoms with van der Waals surface area (Å²) >= 11 is 5.51. The van der Waals surface area contributed by atoms with Crippen LogP contribution in [0.15, 0.2) is 12.4 Å². The molecule has 13 heavy (non-hydrogen) atoms. The Bertz CT molecular complexity index is 319. The topological polar surface area (TPSA) is 62.2 Å². The van der Waals surface area contributed by atoms with Crippen molar-refractivity contribution in [2.24, 2.45) is 0 Å². The van der Waals surface area contributed by atoms with E-state index in [-0.39, 0.29) is 40.1 Å². The van der Waals surface area contributed by atoms with E-state index in [0.717, 1.165) is 6.20 Å². The Labute approximate surface area is 102 Å². The van der Waals surface area contributed by atoms with Gasteiger partial charge in [-0.15, -0.1) is 0 Å². The predicted octanol–water partition coefficient (Wildman–Crippen LogP) is -2.40. The van der Waals surface area contributed by atoms with Crippen molar-refractivity contribution in [1.29, 1.82) is 0 Å². The summed E-state index contributed by atoms with van der Waals surface area (Å²) in [5.74, 6) is -1.15. The maximum absolute atomic E-state index is 10.9. The molecule has 4 nitrogen and oxygen atoms in total. The Morgan fingerprint density at radius 1 is 1.62 bits per heavy atom. The molecule has 0 atom stereocenters. The molecule has 0 saturated heterocycles. The van der Waals surface area contributed by atoms with E-state index in [4.69, 9.17) is 11.6 Å². The first-order valence-corrected chi connectivity index (χ1v) is 3.43. The summed E-state index contributed by atoms with van der Waals surface area (Å²) < 4.78 is 4.37. The van der Waals surface area contributed by atoms with Crippen LogP contribution in [0, 0.1) is 0 Å². The molecule has 1 heterocycles. The molecule has 0 aromatic carbocycles. The summed E-state index contributed by atoms with van der Waals surface area (Å²) in [7, 11) is 1.20. The number of hydrogen-bond donors (Lipinski definition) is 0. The largest absolute Gasteiger partial charge is 1.00 e. The number of carbonyl (C=O) groups excluding carboxylic acids is 1. The van der Waals surface area contributed by atoms with E-state index in [1.807, 2.05) is 0 Å². The van der Waals surface area contributed by atoms with E-state index in [9.17, 15) is 9.90 Å². The number of rotatable bonds is 1. The zero-order chi connectivity index (χ0) is 9.14. The van der Waals surface area contributed by atoms with E-state index < -0.39 is 11.7 Å². The number of hydrogen-bond acceptors (Lipinski definition) is 4. The third-order valence-electron chi connectivity index (χ3n) is 1.25. The van der Waals surface area contributed by atoms with Crippen LogP contribution in [-0.2, 0) is 4.74 Å². The molecule has 0 N–H and O–H groups in total. The van der Waals surface area contributed by atoms with Gasteiger partial charge >= 0.3 is 35.5 Å². The van der Waals surface area contributed by atoms with Gasteiger partial charge in [-0.05, 0) is 0 Å². The standard InChI is InChI=1S/C7H6ClNO3.Na/c1-12-7(11)4-2-9-3-5(10)6(4)8;/h2-3,10H,1H3;/q;+1/p-1. The van der Waals surface area contributed by atoms with Crippen molar-refractivity contribution in [3.63, 3.8) is 0 Å². The van der Waals surface area contributed by atoms with Crippen molar-refractivity contribution < 1.29 is 44.2 Å². The zero-order valence-electron chi connectivity index (χ0n) is 7.20. The molecule has 0 radical (unpaired) electrons. The second-order valence-electron chi connectivity index (χ2n) is 1.99. The van der Waals surface area contributed by atoms with Gasteiger partial charge in [0.15, 0.2) is 0 Å². The quantitative estimate of drug-likeness (QED) is 0.382. The van der Waals surface area contributed by atoms with Gasteiger partial charge in [-0.2, -0.15) is 0 Å². The number of methoxy groups -OCH3 is 1. The Balaban J connectivity index is 0.00000144. The fourth-order valence-corrected chi connectivity index (χ4v) is 0.853. The molecule has 0 unspecified atom stereocenters. The van der Waals surface area contributed by atoms with Gasteiger partial charge in [-0.1, -0.05) is 17.4 Å². The Kier molecular flexibility index (Phi) is 5.32. The third kappa shape index (κ3) is 2.84. The van der Waals surface area contributed by atoms with Crippen molar-refractivity contribution in [1.82, 2.24) is 4.98 Å². The molecule has 1 rings (SSSR count). The second-order valence-corrected chi connectivity index (χ2v) is 2.37. The number of esters is 1. The van der Waals surface area contributed by atoms with Crippen molar-refractivity contribution in [3.8, 4) is 5.75 Å². The first-order valence-electron chi connectivity index (χ1n) is 3.05. The van der Waals surface area contributed by atoms with Crippen LogP contribution in [0.4, 0.5) is 0 Å². The molecule has 0 saturated carbocycles. The molecular weight excluding hydrogens is 205 g/mol. The first kappa shape index (κ1) is 12.7. The van der Waals surface area contributed by atoms with Gasteiger partial charge in [0.25, 0.3) is 0 Å². The maximum Gasteiger partial charge on any atom is 1.00 e. The van der Waals surface area contributed by atoms with Crippen LogP contribution in [0.25, 0.3) is 0 Å².